The molecular formula is C14H13BrN4O. The molecule has 0 atom stereocenters. The maximum Gasteiger partial charge on any atom is 0.298 e. The largest absolute Gasteiger partial charge is 0.423 e. The van der Waals surface area contributed by atoms with Gasteiger partial charge < -0.3 is 9.32 Å². The molecule has 1 aromatic carbocycles. The molecule has 1 saturated heterocycles. The highest BCUT2D eigenvalue weighted by Gasteiger charge is 2.30. The van der Waals surface area contributed by atoms with Crippen molar-refractivity contribution in [2.75, 3.05) is 18.0 Å². The minimum atomic E-state index is 0.594. The highest BCUT2D eigenvalue weighted by atomic mass is 79.9. The Morgan fingerprint density at radius 1 is 1.30 bits per heavy atom. The third-order valence-electron chi connectivity index (χ3n) is 3.56. The average Bonchev–Trinajstić information content (AvgIpc) is 2.98. The van der Waals surface area contributed by atoms with Crippen molar-refractivity contribution in [3.63, 3.8) is 0 Å². The molecule has 1 aliphatic heterocycles. The number of aromatic nitrogens is 3. The molecule has 0 N–H and O–H groups in total. The quantitative estimate of drug-likeness (QED) is 0.739. The van der Waals surface area contributed by atoms with Crippen LogP contribution >= 0.6 is 15.9 Å². The highest BCUT2D eigenvalue weighted by molar-refractivity contribution is 9.10. The molecule has 4 rings (SSSR count). The van der Waals surface area contributed by atoms with Gasteiger partial charge in [0.1, 0.15) is 5.52 Å². The van der Waals surface area contributed by atoms with Gasteiger partial charge >= 0.3 is 0 Å². The van der Waals surface area contributed by atoms with Crippen LogP contribution in [0.3, 0.4) is 0 Å². The highest BCUT2D eigenvalue weighted by Crippen LogP contribution is 2.28. The van der Waals surface area contributed by atoms with E-state index < -0.39 is 0 Å². The number of anilines is 1. The smallest absolute Gasteiger partial charge is 0.298 e. The van der Waals surface area contributed by atoms with Gasteiger partial charge in [0.25, 0.3) is 6.01 Å². The lowest BCUT2D eigenvalue weighted by molar-refractivity contribution is 0.325. The number of hydrogen-bond acceptors (Lipinski definition) is 4. The van der Waals surface area contributed by atoms with E-state index in [0.717, 1.165) is 41.2 Å². The van der Waals surface area contributed by atoms with Gasteiger partial charge in [-0.2, -0.15) is 10.1 Å². The summed E-state index contributed by atoms with van der Waals surface area (Å²) in [5.74, 6) is 0.594. The molecule has 2 aromatic heterocycles. The number of nitrogens with zero attached hydrogens (tertiary/aromatic N) is 4. The summed E-state index contributed by atoms with van der Waals surface area (Å²) in [6.45, 7) is 2.86. The normalized spacial score (nSPS) is 15.8. The van der Waals surface area contributed by atoms with Crippen LogP contribution in [-0.4, -0.2) is 27.9 Å². The van der Waals surface area contributed by atoms with Crippen LogP contribution < -0.4 is 4.90 Å². The van der Waals surface area contributed by atoms with Gasteiger partial charge in [-0.05, 0) is 28.1 Å². The molecule has 3 heterocycles. The molecule has 0 amide bonds. The van der Waals surface area contributed by atoms with Crippen molar-refractivity contribution >= 4 is 33.0 Å². The zero-order chi connectivity index (χ0) is 13.5. The number of oxazole rings is 1. The van der Waals surface area contributed by atoms with E-state index in [2.05, 4.69) is 30.9 Å². The third-order valence-corrected chi connectivity index (χ3v) is 3.97. The van der Waals surface area contributed by atoms with Gasteiger partial charge in [0, 0.05) is 31.7 Å². The first-order valence-corrected chi connectivity index (χ1v) is 7.36. The van der Waals surface area contributed by atoms with Gasteiger partial charge in [0.2, 0.25) is 0 Å². The first kappa shape index (κ1) is 12.0. The predicted molar refractivity (Wildman–Crippen MR) is 79.6 cm³/mol. The molecule has 0 aliphatic carbocycles. The lowest BCUT2D eigenvalue weighted by Gasteiger charge is -2.37. The summed E-state index contributed by atoms with van der Waals surface area (Å²) in [5.41, 5.74) is 1.77. The second kappa shape index (κ2) is 4.63. The van der Waals surface area contributed by atoms with Gasteiger partial charge in [-0.25, -0.2) is 0 Å². The van der Waals surface area contributed by atoms with Crippen LogP contribution in [0.2, 0.25) is 0 Å². The molecule has 0 spiro atoms. The Hall–Kier alpha value is -1.82. The number of para-hydroxylation sites is 2. The minimum absolute atomic E-state index is 0.594. The Morgan fingerprint density at radius 2 is 2.15 bits per heavy atom. The molecule has 0 saturated carbocycles. The molecule has 20 heavy (non-hydrogen) atoms. The summed E-state index contributed by atoms with van der Waals surface area (Å²) in [5, 5.41) is 4.28. The summed E-state index contributed by atoms with van der Waals surface area (Å²) in [6, 6.07) is 8.59. The molecule has 1 aliphatic rings. The summed E-state index contributed by atoms with van der Waals surface area (Å²) < 4.78 is 8.75. The van der Waals surface area contributed by atoms with Crippen molar-refractivity contribution in [1.29, 1.82) is 0 Å². The number of rotatable bonds is 3. The van der Waals surface area contributed by atoms with Crippen LogP contribution in [0.1, 0.15) is 0 Å². The molecule has 0 radical (unpaired) electrons. The van der Waals surface area contributed by atoms with E-state index in [1.165, 1.54) is 0 Å². The minimum Gasteiger partial charge on any atom is -0.423 e. The van der Waals surface area contributed by atoms with E-state index in [0.29, 0.717) is 5.92 Å². The van der Waals surface area contributed by atoms with E-state index in [9.17, 15) is 0 Å². The lowest BCUT2D eigenvalue weighted by Crippen LogP contribution is -2.48. The fourth-order valence-electron chi connectivity index (χ4n) is 2.54. The van der Waals surface area contributed by atoms with E-state index in [4.69, 9.17) is 4.42 Å². The number of fused-ring (bicyclic) bond motifs is 1. The Morgan fingerprint density at radius 3 is 2.90 bits per heavy atom. The summed E-state index contributed by atoms with van der Waals surface area (Å²) in [7, 11) is 0. The molecular weight excluding hydrogens is 320 g/mol. The van der Waals surface area contributed by atoms with Gasteiger partial charge in [0.15, 0.2) is 5.58 Å². The zero-order valence-electron chi connectivity index (χ0n) is 10.7. The van der Waals surface area contributed by atoms with Crippen LogP contribution in [0.5, 0.6) is 0 Å². The van der Waals surface area contributed by atoms with Crippen LogP contribution in [0.25, 0.3) is 11.1 Å². The van der Waals surface area contributed by atoms with Gasteiger partial charge in [-0.3, -0.25) is 4.68 Å². The second-order valence-corrected chi connectivity index (χ2v) is 6.03. The number of halogens is 1. The Bertz CT molecular complexity index is 711. The van der Waals surface area contributed by atoms with Crippen molar-refractivity contribution in [2.45, 2.75) is 6.54 Å². The Kier molecular flexibility index (Phi) is 2.77. The van der Waals surface area contributed by atoms with Crippen LogP contribution in [-0.2, 0) is 6.54 Å². The second-order valence-electron chi connectivity index (χ2n) is 5.12. The molecule has 6 heteroatoms. The molecule has 1 fully saturated rings. The molecule has 3 aromatic rings. The maximum atomic E-state index is 5.76. The maximum absolute atomic E-state index is 5.76. The fourth-order valence-corrected chi connectivity index (χ4v) is 2.87. The van der Waals surface area contributed by atoms with Crippen LogP contribution in [0, 0.1) is 5.92 Å². The third kappa shape index (κ3) is 2.10. The summed E-state index contributed by atoms with van der Waals surface area (Å²) in [4.78, 5) is 6.68. The van der Waals surface area contributed by atoms with E-state index in [-0.39, 0.29) is 0 Å². The number of hydrogen-bond donors (Lipinski definition) is 0. The van der Waals surface area contributed by atoms with E-state index in [1.807, 2.05) is 41.3 Å². The first-order chi connectivity index (χ1) is 9.78. The zero-order valence-corrected chi connectivity index (χ0v) is 12.3. The van der Waals surface area contributed by atoms with Crippen molar-refractivity contribution < 1.29 is 4.42 Å². The van der Waals surface area contributed by atoms with Crippen LogP contribution in [0.15, 0.2) is 45.5 Å². The fraction of sp³-hybridized carbons (Fsp3) is 0.286. The SMILES string of the molecule is Brc1cnn(CC2CN(c3nc4ccccc4o3)C2)c1. The van der Waals surface area contributed by atoms with E-state index in [1.54, 1.807) is 0 Å². The Balaban J connectivity index is 1.43. The summed E-state index contributed by atoms with van der Waals surface area (Å²) in [6.07, 6.45) is 3.82. The molecule has 0 unspecified atom stereocenters. The monoisotopic (exact) mass is 332 g/mol. The van der Waals surface area contributed by atoms with Crippen molar-refractivity contribution in [1.82, 2.24) is 14.8 Å². The van der Waals surface area contributed by atoms with Gasteiger partial charge in [-0.15, -0.1) is 0 Å². The van der Waals surface area contributed by atoms with E-state index >= 15 is 0 Å². The first-order valence-electron chi connectivity index (χ1n) is 6.56. The Labute approximate surface area is 124 Å². The standard InChI is InChI=1S/C14H13BrN4O/c15-11-5-16-19(9-11)8-10-6-18(7-10)14-17-12-3-1-2-4-13(12)20-14/h1-5,9-10H,6-8H2. The topological polar surface area (TPSA) is 47.1 Å². The predicted octanol–water partition coefficient (Wildman–Crippen LogP) is 2.92. The molecule has 0 bridgehead atoms. The van der Waals surface area contributed by atoms with Gasteiger partial charge in [-0.1, -0.05) is 12.1 Å². The lowest BCUT2D eigenvalue weighted by atomic mass is 10.0. The molecule has 102 valence electrons. The van der Waals surface area contributed by atoms with Gasteiger partial charge in [0.05, 0.1) is 10.7 Å². The molecule has 5 nitrogen and oxygen atoms in total. The summed E-state index contributed by atoms with van der Waals surface area (Å²) >= 11 is 3.41. The van der Waals surface area contributed by atoms with Crippen molar-refractivity contribution in [3.05, 3.63) is 41.1 Å². The van der Waals surface area contributed by atoms with Crippen LogP contribution in [0.4, 0.5) is 6.01 Å². The number of benzene rings is 1. The van der Waals surface area contributed by atoms with Crippen molar-refractivity contribution in [2.24, 2.45) is 5.92 Å². The van der Waals surface area contributed by atoms with Crippen molar-refractivity contribution in [3.8, 4) is 0 Å². The average molecular weight is 333 g/mol.